The molecule has 2 rings (SSSR count). The van der Waals surface area contributed by atoms with Crippen molar-refractivity contribution in [1.29, 1.82) is 0 Å². The highest BCUT2D eigenvalue weighted by molar-refractivity contribution is 7.98. The topological polar surface area (TPSA) is 86.9 Å². The van der Waals surface area contributed by atoms with Crippen LogP contribution in [0, 0.1) is 5.82 Å². The summed E-state index contributed by atoms with van der Waals surface area (Å²) in [7, 11) is 0. The number of aromatic amines is 1. The van der Waals surface area contributed by atoms with Gasteiger partial charge in [-0.1, -0.05) is 0 Å². The van der Waals surface area contributed by atoms with Gasteiger partial charge in [-0.25, -0.2) is 9.37 Å². The summed E-state index contributed by atoms with van der Waals surface area (Å²) < 4.78 is 13.1. The van der Waals surface area contributed by atoms with Crippen LogP contribution in [0.15, 0.2) is 18.2 Å². The Morgan fingerprint density at radius 3 is 2.91 bits per heavy atom. The third kappa shape index (κ3) is 4.95. The molecule has 2 amide bonds. The average Bonchev–Trinajstić information content (AvgIpc) is 2.90. The van der Waals surface area contributed by atoms with Gasteiger partial charge >= 0.3 is 0 Å². The molecule has 0 saturated carbocycles. The van der Waals surface area contributed by atoms with Gasteiger partial charge in [-0.2, -0.15) is 11.8 Å². The van der Waals surface area contributed by atoms with E-state index in [1.54, 1.807) is 17.8 Å². The summed E-state index contributed by atoms with van der Waals surface area (Å²) in [6, 6.07) is 3.69. The van der Waals surface area contributed by atoms with Crippen molar-refractivity contribution >= 4 is 34.6 Å². The van der Waals surface area contributed by atoms with Gasteiger partial charge in [-0.15, -0.1) is 0 Å². The molecular formula is C15H19FN4O2S. The van der Waals surface area contributed by atoms with Crippen LogP contribution in [0.25, 0.3) is 11.0 Å². The third-order valence-electron chi connectivity index (χ3n) is 3.23. The van der Waals surface area contributed by atoms with Crippen molar-refractivity contribution in [3.05, 3.63) is 29.8 Å². The lowest BCUT2D eigenvalue weighted by Crippen LogP contribution is -2.46. The van der Waals surface area contributed by atoms with Gasteiger partial charge in [0, 0.05) is 6.92 Å². The molecule has 3 N–H and O–H groups in total. The first kappa shape index (κ1) is 17.3. The molecule has 1 heterocycles. The van der Waals surface area contributed by atoms with Gasteiger partial charge in [-0.05, 0) is 36.6 Å². The second kappa shape index (κ2) is 7.96. The minimum Gasteiger partial charge on any atom is -0.347 e. The van der Waals surface area contributed by atoms with E-state index in [9.17, 15) is 14.0 Å². The molecule has 124 valence electrons. The van der Waals surface area contributed by atoms with Gasteiger partial charge in [0.15, 0.2) is 0 Å². The van der Waals surface area contributed by atoms with Crippen molar-refractivity contribution in [2.24, 2.45) is 0 Å². The molecule has 2 aromatic rings. The zero-order valence-electron chi connectivity index (χ0n) is 13.0. The predicted molar refractivity (Wildman–Crippen MR) is 88.5 cm³/mol. The number of hydrogen-bond acceptors (Lipinski definition) is 4. The highest BCUT2D eigenvalue weighted by Crippen LogP contribution is 2.12. The van der Waals surface area contributed by atoms with E-state index in [4.69, 9.17) is 0 Å². The first-order valence-corrected chi connectivity index (χ1v) is 8.57. The largest absolute Gasteiger partial charge is 0.347 e. The fourth-order valence-corrected chi connectivity index (χ4v) is 2.63. The van der Waals surface area contributed by atoms with Gasteiger partial charge < -0.3 is 15.6 Å². The maximum atomic E-state index is 13.1. The van der Waals surface area contributed by atoms with Crippen molar-refractivity contribution < 1.29 is 14.0 Å². The molecule has 0 radical (unpaired) electrons. The molecule has 1 atom stereocenters. The van der Waals surface area contributed by atoms with E-state index in [2.05, 4.69) is 20.6 Å². The Balaban J connectivity index is 1.98. The van der Waals surface area contributed by atoms with Crippen LogP contribution in [-0.2, 0) is 16.1 Å². The molecule has 8 heteroatoms. The second-order valence-electron chi connectivity index (χ2n) is 5.10. The maximum Gasteiger partial charge on any atom is 0.242 e. The number of fused-ring (bicyclic) bond motifs is 1. The molecule has 23 heavy (non-hydrogen) atoms. The summed E-state index contributed by atoms with van der Waals surface area (Å²) in [5.74, 6) is 0.443. The SMILES string of the molecule is CSCC[C@H](NC(C)=O)C(=O)NCc1nc2ccc(F)cc2[nH]1. The quantitative estimate of drug-likeness (QED) is 0.715. The summed E-state index contributed by atoms with van der Waals surface area (Å²) in [5, 5.41) is 5.38. The standard InChI is InChI=1S/C15H19FN4O2S/c1-9(21)18-12(5-6-23-2)15(22)17-8-14-19-11-4-3-10(16)7-13(11)20-14/h3-4,7,12H,5-6,8H2,1-2H3,(H,17,22)(H,18,21)(H,19,20)/t12-/m0/s1. The normalized spacial score (nSPS) is 12.1. The molecule has 0 aliphatic rings. The second-order valence-corrected chi connectivity index (χ2v) is 6.08. The lowest BCUT2D eigenvalue weighted by Gasteiger charge is -2.16. The number of nitrogens with one attached hydrogen (secondary N) is 3. The number of aromatic nitrogens is 2. The molecule has 1 aromatic carbocycles. The summed E-state index contributed by atoms with van der Waals surface area (Å²) in [6.45, 7) is 1.57. The molecule has 0 fully saturated rings. The van der Waals surface area contributed by atoms with E-state index in [1.165, 1.54) is 19.1 Å². The molecule has 0 unspecified atom stereocenters. The summed E-state index contributed by atoms with van der Waals surface area (Å²) >= 11 is 1.61. The number of carbonyl (C=O) groups is 2. The summed E-state index contributed by atoms with van der Waals surface area (Å²) in [5.41, 5.74) is 1.21. The van der Waals surface area contributed by atoms with E-state index in [-0.39, 0.29) is 24.2 Å². The zero-order chi connectivity index (χ0) is 16.8. The van der Waals surface area contributed by atoms with Gasteiger partial charge in [0.05, 0.1) is 17.6 Å². The highest BCUT2D eigenvalue weighted by atomic mass is 32.2. The van der Waals surface area contributed by atoms with Crippen LogP contribution in [0.5, 0.6) is 0 Å². The van der Waals surface area contributed by atoms with Gasteiger partial charge in [0.2, 0.25) is 11.8 Å². The number of carbonyl (C=O) groups excluding carboxylic acids is 2. The molecular weight excluding hydrogens is 319 g/mol. The van der Waals surface area contributed by atoms with E-state index >= 15 is 0 Å². The number of thioether (sulfide) groups is 1. The number of benzene rings is 1. The Labute approximate surface area is 137 Å². The van der Waals surface area contributed by atoms with Crippen molar-refractivity contribution in [3.8, 4) is 0 Å². The zero-order valence-corrected chi connectivity index (χ0v) is 13.8. The Morgan fingerprint density at radius 2 is 2.22 bits per heavy atom. The lowest BCUT2D eigenvalue weighted by molar-refractivity contribution is -0.128. The van der Waals surface area contributed by atoms with Gasteiger partial charge in [0.25, 0.3) is 0 Å². The minimum atomic E-state index is -0.568. The van der Waals surface area contributed by atoms with Crippen molar-refractivity contribution in [2.45, 2.75) is 25.9 Å². The van der Waals surface area contributed by atoms with Crippen LogP contribution in [0.1, 0.15) is 19.2 Å². The number of amides is 2. The van der Waals surface area contributed by atoms with Crippen LogP contribution in [0.3, 0.4) is 0 Å². The van der Waals surface area contributed by atoms with Crippen molar-refractivity contribution in [2.75, 3.05) is 12.0 Å². The van der Waals surface area contributed by atoms with E-state index in [0.717, 1.165) is 5.75 Å². The van der Waals surface area contributed by atoms with Crippen LogP contribution >= 0.6 is 11.8 Å². The molecule has 1 aromatic heterocycles. The number of imidazole rings is 1. The monoisotopic (exact) mass is 338 g/mol. The Morgan fingerprint density at radius 1 is 1.43 bits per heavy atom. The van der Waals surface area contributed by atoms with Crippen LogP contribution in [-0.4, -0.2) is 39.8 Å². The number of rotatable bonds is 7. The smallest absolute Gasteiger partial charge is 0.242 e. The fraction of sp³-hybridized carbons (Fsp3) is 0.400. The van der Waals surface area contributed by atoms with Gasteiger partial charge in [0.1, 0.15) is 17.7 Å². The number of hydrogen-bond donors (Lipinski definition) is 3. The van der Waals surface area contributed by atoms with Crippen LogP contribution < -0.4 is 10.6 Å². The minimum absolute atomic E-state index is 0.185. The Hall–Kier alpha value is -2.09. The molecule has 6 nitrogen and oxygen atoms in total. The van der Waals surface area contributed by atoms with Crippen molar-refractivity contribution in [3.63, 3.8) is 0 Å². The summed E-state index contributed by atoms with van der Waals surface area (Å²) in [6.07, 6.45) is 2.49. The first-order valence-electron chi connectivity index (χ1n) is 7.17. The molecule has 0 aliphatic heterocycles. The number of halogens is 1. The van der Waals surface area contributed by atoms with Crippen LogP contribution in [0.4, 0.5) is 4.39 Å². The number of H-pyrrole nitrogens is 1. The molecule has 0 spiro atoms. The molecule has 0 saturated heterocycles. The Bertz CT molecular complexity index is 704. The van der Waals surface area contributed by atoms with Crippen molar-refractivity contribution in [1.82, 2.24) is 20.6 Å². The lowest BCUT2D eigenvalue weighted by atomic mass is 10.2. The highest BCUT2D eigenvalue weighted by Gasteiger charge is 2.19. The fourth-order valence-electron chi connectivity index (χ4n) is 2.16. The van der Waals surface area contributed by atoms with Crippen LogP contribution in [0.2, 0.25) is 0 Å². The molecule has 0 bridgehead atoms. The van der Waals surface area contributed by atoms with E-state index in [1.807, 2.05) is 6.26 Å². The van der Waals surface area contributed by atoms with E-state index in [0.29, 0.717) is 23.3 Å². The Kier molecular flexibility index (Phi) is 5.97. The first-order chi connectivity index (χ1) is 11.0. The van der Waals surface area contributed by atoms with Gasteiger partial charge in [-0.3, -0.25) is 9.59 Å². The predicted octanol–water partition coefficient (Wildman–Crippen LogP) is 1.58. The number of nitrogens with zero attached hydrogens (tertiary/aromatic N) is 1. The van der Waals surface area contributed by atoms with E-state index < -0.39 is 6.04 Å². The summed E-state index contributed by atoms with van der Waals surface area (Å²) in [4.78, 5) is 30.6. The third-order valence-corrected chi connectivity index (χ3v) is 3.87. The molecule has 0 aliphatic carbocycles. The maximum absolute atomic E-state index is 13.1. The average molecular weight is 338 g/mol.